The van der Waals surface area contributed by atoms with Gasteiger partial charge in [-0.25, -0.2) is 0 Å². The van der Waals surface area contributed by atoms with Gasteiger partial charge in [-0.15, -0.1) is 0 Å². The Morgan fingerprint density at radius 3 is 1.67 bits per heavy atom. The molecule has 0 saturated carbocycles. The van der Waals surface area contributed by atoms with Crippen LogP contribution < -0.4 is 5.56 Å². The van der Waals surface area contributed by atoms with Crippen molar-refractivity contribution in [2.24, 2.45) is 0 Å². The van der Waals surface area contributed by atoms with Crippen molar-refractivity contribution in [3.05, 3.63) is 70.1 Å². The summed E-state index contributed by atoms with van der Waals surface area (Å²) >= 11 is 0. The molecule has 0 aliphatic carbocycles. The molecule has 0 radical (unpaired) electrons. The van der Waals surface area contributed by atoms with Gasteiger partial charge in [0.2, 0.25) is 5.56 Å². The first-order chi connectivity index (χ1) is 7.18. The maximum Gasteiger partial charge on any atom is 0.247 e. The maximum absolute atomic E-state index is 10.2. The fourth-order valence-electron chi connectivity index (χ4n) is 1.01. The zero-order valence-electron chi connectivity index (χ0n) is 9.03. The average molecular weight is 201 g/mol. The number of aromatic amines is 1. The predicted octanol–water partition coefficient (Wildman–Crippen LogP) is 2.68. The summed E-state index contributed by atoms with van der Waals surface area (Å²) in [5, 5.41) is 0. The van der Waals surface area contributed by atoms with Gasteiger partial charge in [0.25, 0.3) is 0 Å². The van der Waals surface area contributed by atoms with Crippen LogP contribution in [-0.2, 0) is 0 Å². The molecule has 0 aliphatic heterocycles. The van der Waals surface area contributed by atoms with E-state index in [0.717, 1.165) is 0 Å². The topological polar surface area (TPSA) is 32.9 Å². The van der Waals surface area contributed by atoms with Gasteiger partial charge in [0.05, 0.1) is 0 Å². The number of benzene rings is 1. The lowest BCUT2D eigenvalue weighted by Crippen LogP contribution is -1.98. The number of nitrogens with one attached hydrogen (secondary N) is 1. The molecule has 0 amide bonds. The molecule has 0 aliphatic rings. The highest BCUT2D eigenvalue weighted by Crippen LogP contribution is 1.99. The van der Waals surface area contributed by atoms with Crippen LogP contribution in [0.5, 0.6) is 0 Å². The van der Waals surface area contributed by atoms with E-state index in [1.165, 1.54) is 17.2 Å². The maximum atomic E-state index is 10.2. The Morgan fingerprint density at radius 1 is 0.867 bits per heavy atom. The van der Waals surface area contributed by atoms with Crippen LogP contribution in [0.2, 0.25) is 0 Å². The molecule has 15 heavy (non-hydrogen) atoms. The van der Waals surface area contributed by atoms with E-state index in [-0.39, 0.29) is 5.56 Å². The van der Waals surface area contributed by atoms with Gasteiger partial charge in [0.1, 0.15) is 0 Å². The summed E-state index contributed by atoms with van der Waals surface area (Å²) in [4.78, 5) is 12.7. The molecular weight excluding hydrogens is 186 g/mol. The summed E-state index contributed by atoms with van der Waals surface area (Å²) in [5.41, 5.74) is 2.61. The number of pyridine rings is 1. The Hall–Kier alpha value is -1.83. The second kappa shape index (κ2) is 5.81. The lowest BCUT2D eigenvalue weighted by molar-refractivity contribution is 1.24. The van der Waals surface area contributed by atoms with E-state index < -0.39 is 0 Å². The first-order valence-electron chi connectivity index (χ1n) is 4.85. The molecule has 0 unspecified atom stereocenters. The number of aryl methyl sites for hydroxylation is 2. The minimum Gasteiger partial charge on any atom is -0.329 e. The number of H-pyrrole nitrogens is 1. The summed E-state index contributed by atoms with van der Waals surface area (Å²) in [6.07, 6.45) is 1.60. The summed E-state index contributed by atoms with van der Waals surface area (Å²) in [6.45, 7) is 4.19. The van der Waals surface area contributed by atoms with Crippen molar-refractivity contribution in [2.45, 2.75) is 13.8 Å². The minimum absolute atomic E-state index is 0.0532. The molecule has 0 spiro atoms. The molecule has 0 saturated heterocycles. The molecule has 0 fully saturated rings. The lowest BCUT2D eigenvalue weighted by Gasteiger charge is -1.90. The first kappa shape index (κ1) is 11.2. The standard InChI is InChI=1S/C8H10.C5H5NO/c1-7-3-5-8(2)6-4-7;7-5-3-1-2-4-6-5/h3-6H,1-2H3;1-4H,(H,6,7). The molecule has 1 aromatic carbocycles. The van der Waals surface area contributed by atoms with Crippen LogP contribution in [0.1, 0.15) is 11.1 Å². The van der Waals surface area contributed by atoms with Crippen molar-refractivity contribution >= 4 is 0 Å². The Morgan fingerprint density at radius 2 is 1.40 bits per heavy atom. The Bertz CT molecular complexity index is 404. The van der Waals surface area contributed by atoms with Crippen molar-refractivity contribution < 1.29 is 0 Å². The number of aromatic nitrogens is 1. The van der Waals surface area contributed by atoms with E-state index in [4.69, 9.17) is 0 Å². The third-order valence-electron chi connectivity index (χ3n) is 1.90. The SMILES string of the molecule is Cc1ccc(C)cc1.O=c1cccc[nH]1. The molecular formula is C13H15NO. The first-order valence-corrected chi connectivity index (χ1v) is 4.85. The summed E-state index contributed by atoms with van der Waals surface area (Å²) in [6, 6.07) is 13.4. The largest absolute Gasteiger partial charge is 0.329 e. The molecule has 1 N–H and O–H groups in total. The van der Waals surface area contributed by atoms with Crippen molar-refractivity contribution in [3.63, 3.8) is 0 Å². The summed E-state index contributed by atoms with van der Waals surface area (Å²) in [5.74, 6) is 0. The van der Waals surface area contributed by atoms with E-state index in [1.54, 1.807) is 18.3 Å². The normalized spacial score (nSPS) is 8.93. The number of hydrogen-bond donors (Lipinski definition) is 1. The summed E-state index contributed by atoms with van der Waals surface area (Å²) < 4.78 is 0. The number of hydrogen-bond acceptors (Lipinski definition) is 1. The van der Waals surface area contributed by atoms with Gasteiger partial charge in [-0.05, 0) is 19.9 Å². The van der Waals surface area contributed by atoms with Crippen LogP contribution in [-0.4, -0.2) is 4.98 Å². The van der Waals surface area contributed by atoms with E-state index in [1.807, 2.05) is 0 Å². The Balaban J connectivity index is 0.000000151. The average Bonchev–Trinajstić information content (AvgIpc) is 2.25. The molecule has 1 aromatic heterocycles. The minimum atomic E-state index is -0.0532. The van der Waals surface area contributed by atoms with Gasteiger partial charge >= 0.3 is 0 Å². The van der Waals surface area contributed by atoms with Crippen molar-refractivity contribution in [1.29, 1.82) is 0 Å². The van der Waals surface area contributed by atoms with Crippen LogP contribution in [0.4, 0.5) is 0 Å². The third kappa shape index (κ3) is 4.81. The highest BCUT2D eigenvalue weighted by molar-refractivity contribution is 5.19. The van der Waals surface area contributed by atoms with Gasteiger partial charge in [-0.3, -0.25) is 4.79 Å². The fraction of sp³-hybridized carbons (Fsp3) is 0.154. The fourth-order valence-corrected chi connectivity index (χ4v) is 1.01. The van der Waals surface area contributed by atoms with Crippen LogP contribution in [0.15, 0.2) is 53.5 Å². The van der Waals surface area contributed by atoms with E-state index >= 15 is 0 Å². The van der Waals surface area contributed by atoms with Crippen molar-refractivity contribution in [3.8, 4) is 0 Å². The van der Waals surface area contributed by atoms with E-state index in [9.17, 15) is 4.79 Å². The molecule has 2 rings (SSSR count). The second-order valence-corrected chi connectivity index (χ2v) is 3.38. The Labute approximate surface area is 89.6 Å². The second-order valence-electron chi connectivity index (χ2n) is 3.38. The molecule has 0 atom stereocenters. The monoisotopic (exact) mass is 201 g/mol. The highest BCUT2D eigenvalue weighted by Gasteiger charge is 1.79. The quantitative estimate of drug-likeness (QED) is 0.698. The molecule has 0 bridgehead atoms. The van der Waals surface area contributed by atoms with Crippen LogP contribution in [0.25, 0.3) is 0 Å². The van der Waals surface area contributed by atoms with E-state index in [0.29, 0.717) is 0 Å². The smallest absolute Gasteiger partial charge is 0.247 e. The molecule has 2 nitrogen and oxygen atoms in total. The lowest BCUT2D eigenvalue weighted by atomic mass is 10.2. The number of rotatable bonds is 0. The van der Waals surface area contributed by atoms with Crippen LogP contribution in [0, 0.1) is 13.8 Å². The zero-order chi connectivity index (χ0) is 11.1. The van der Waals surface area contributed by atoms with Crippen LogP contribution >= 0.6 is 0 Å². The van der Waals surface area contributed by atoms with Gasteiger partial charge in [0, 0.05) is 12.3 Å². The predicted molar refractivity (Wildman–Crippen MR) is 63.0 cm³/mol. The molecule has 2 heteroatoms. The molecule has 2 aromatic rings. The zero-order valence-corrected chi connectivity index (χ0v) is 9.03. The highest BCUT2D eigenvalue weighted by atomic mass is 16.1. The van der Waals surface area contributed by atoms with E-state index in [2.05, 4.69) is 43.1 Å². The van der Waals surface area contributed by atoms with Crippen molar-refractivity contribution in [1.82, 2.24) is 4.98 Å². The molecule has 78 valence electrons. The molecule has 1 heterocycles. The van der Waals surface area contributed by atoms with Crippen molar-refractivity contribution in [2.75, 3.05) is 0 Å². The summed E-state index contributed by atoms with van der Waals surface area (Å²) in [7, 11) is 0. The van der Waals surface area contributed by atoms with Gasteiger partial charge in [-0.2, -0.15) is 0 Å². The van der Waals surface area contributed by atoms with Gasteiger partial charge < -0.3 is 4.98 Å². The van der Waals surface area contributed by atoms with Gasteiger partial charge in [-0.1, -0.05) is 41.5 Å². The van der Waals surface area contributed by atoms with Gasteiger partial charge in [0.15, 0.2) is 0 Å². The third-order valence-corrected chi connectivity index (χ3v) is 1.90. The van der Waals surface area contributed by atoms with Crippen LogP contribution in [0.3, 0.4) is 0 Å². The Kier molecular flexibility index (Phi) is 4.35.